The number of hydrogen-bond acceptors (Lipinski definition) is 4. The summed E-state index contributed by atoms with van der Waals surface area (Å²) in [6.07, 6.45) is 0. The third-order valence-electron chi connectivity index (χ3n) is 4.63. The monoisotopic (exact) mass is 373 g/mol. The van der Waals surface area contributed by atoms with Gasteiger partial charge in [0.1, 0.15) is 0 Å². The number of sulfonamides is 1. The highest BCUT2D eigenvalue weighted by Crippen LogP contribution is 2.19. The molecule has 2 aromatic carbocycles. The van der Waals surface area contributed by atoms with Crippen LogP contribution < -0.4 is 5.73 Å². The first-order chi connectivity index (χ1) is 12.4. The van der Waals surface area contributed by atoms with E-state index < -0.39 is 15.9 Å². The molecule has 0 unspecified atom stereocenters. The molecule has 0 aromatic heterocycles. The molecule has 1 aliphatic rings. The smallest absolute Gasteiger partial charge is 0.248 e. The van der Waals surface area contributed by atoms with Gasteiger partial charge in [-0.15, -0.1) is 0 Å². The molecule has 1 fully saturated rings. The van der Waals surface area contributed by atoms with Gasteiger partial charge in [0, 0.05) is 38.3 Å². The molecule has 0 aliphatic carbocycles. The summed E-state index contributed by atoms with van der Waals surface area (Å²) in [6, 6.07) is 14.2. The van der Waals surface area contributed by atoms with Gasteiger partial charge in [-0.2, -0.15) is 4.31 Å². The van der Waals surface area contributed by atoms with E-state index in [0.717, 1.165) is 17.7 Å². The van der Waals surface area contributed by atoms with Gasteiger partial charge in [-0.3, -0.25) is 9.69 Å². The van der Waals surface area contributed by atoms with Crippen LogP contribution in [0.15, 0.2) is 53.4 Å². The zero-order chi connectivity index (χ0) is 18.7. The van der Waals surface area contributed by atoms with E-state index in [0.29, 0.717) is 36.6 Å². The maximum Gasteiger partial charge on any atom is 0.248 e. The largest absolute Gasteiger partial charge is 0.366 e. The van der Waals surface area contributed by atoms with Gasteiger partial charge in [-0.25, -0.2) is 8.42 Å². The van der Waals surface area contributed by atoms with Crippen LogP contribution in [0.3, 0.4) is 0 Å². The van der Waals surface area contributed by atoms with Crippen LogP contribution in [0, 0.1) is 6.92 Å². The predicted octanol–water partition coefficient (Wildman–Crippen LogP) is 1.60. The Morgan fingerprint density at radius 1 is 0.962 bits per heavy atom. The standard InChI is InChI=1S/C19H23N3O3S/c1-15-2-8-18(9-3-15)26(24,25)22-12-10-21(11-13-22)14-16-4-6-17(7-5-16)19(20)23/h2-9H,10-14H2,1H3,(H2,20,23). The lowest BCUT2D eigenvalue weighted by Gasteiger charge is -2.34. The van der Waals surface area contributed by atoms with E-state index in [1.54, 1.807) is 28.6 Å². The van der Waals surface area contributed by atoms with Crippen LogP contribution in [-0.4, -0.2) is 49.7 Å². The number of amides is 1. The van der Waals surface area contributed by atoms with Crippen LogP contribution >= 0.6 is 0 Å². The van der Waals surface area contributed by atoms with Crippen molar-refractivity contribution >= 4 is 15.9 Å². The third kappa shape index (κ3) is 4.12. The molecule has 138 valence electrons. The summed E-state index contributed by atoms with van der Waals surface area (Å²) < 4.78 is 27.0. The van der Waals surface area contributed by atoms with E-state index in [1.807, 2.05) is 31.2 Å². The molecule has 0 saturated carbocycles. The van der Waals surface area contributed by atoms with Crippen molar-refractivity contribution in [3.05, 3.63) is 65.2 Å². The number of nitrogens with two attached hydrogens (primary N) is 1. The molecular weight excluding hydrogens is 350 g/mol. The van der Waals surface area contributed by atoms with Crippen molar-refractivity contribution in [2.45, 2.75) is 18.4 Å². The fourth-order valence-corrected chi connectivity index (χ4v) is 4.44. The van der Waals surface area contributed by atoms with Crippen molar-refractivity contribution in [2.24, 2.45) is 5.73 Å². The lowest BCUT2D eigenvalue weighted by molar-refractivity contribution is 0.1000. The number of aryl methyl sites for hydroxylation is 1. The SMILES string of the molecule is Cc1ccc(S(=O)(=O)N2CCN(Cc3ccc(C(N)=O)cc3)CC2)cc1. The number of hydrogen-bond donors (Lipinski definition) is 1. The summed E-state index contributed by atoms with van der Waals surface area (Å²) >= 11 is 0. The minimum Gasteiger partial charge on any atom is -0.366 e. The Bertz CT molecular complexity index is 869. The molecule has 0 bridgehead atoms. The van der Waals surface area contributed by atoms with Crippen molar-refractivity contribution in [3.8, 4) is 0 Å². The Hall–Kier alpha value is -2.22. The van der Waals surface area contributed by atoms with Gasteiger partial charge in [0.25, 0.3) is 0 Å². The average Bonchev–Trinajstić information content (AvgIpc) is 2.63. The van der Waals surface area contributed by atoms with Crippen LogP contribution in [0.4, 0.5) is 0 Å². The van der Waals surface area contributed by atoms with Gasteiger partial charge < -0.3 is 5.73 Å². The van der Waals surface area contributed by atoms with Crippen molar-refractivity contribution in [1.82, 2.24) is 9.21 Å². The van der Waals surface area contributed by atoms with Crippen LogP contribution in [-0.2, 0) is 16.6 Å². The molecule has 0 spiro atoms. The topological polar surface area (TPSA) is 83.7 Å². The highest BCUT2D eigenvalue weighted by Gasteiger charge is 2.28. The average molecular weight is 373 g/mol. The van der Waals surface area contributed by atoms with Gasteiger partial charge in [0.15, 0.2) is 0 Å². The van der Waals surface area contributed by atoms with Crippen molar-refractivity contribution < 1.29 is 13.2 Å². The lowest BCUT2D eigenvalue weighted by atomic mass is 10.1. The number of carbonyl (C=O) groups excluding carboxylic acids is 1. The Balaban J connectivity index is 1.60. The molecule has 3 rings (SSSR count). The summed E-state index contributed by atoms with van der Waals surface area (Å²) in [4.78, 5) is 13.7. The summed E-state index contributed by atoms with van der Waals surface area (Å²) in [5.41, 5.74) is 7.85. The van der Waals surface area contributed by atoms with Crippen LogP contribution in [0.5, 0.6) is 0 Å². The Labute approximate surface area is 154 Å². The number of primary amides is 1. The van der Waals surface area contributed by atoms with Crippen molar-refractivity contribution in [3.63, 3.8) is 0 Å². The molecule has 7 heteroatoms. The fourth-order valence-electron chi connectivity index (χ4n) is 3.02. The molecule has 6 nitrogen and oxygen atoms in total. The van der Waals surface area contributed by atoms with Crippen molar-refractivity contribution in [1.29, 1.82) is 0 Å². The number of piperazine rings is 1. The van der Waals surface area contributed by atoms with E-state index in [-0.39, 0.29) is 0 Å². The number of carbonyl (C=O) groups is 1. The Morgan fingerprint density at radius 3 is 2.08 bits per heavy atom. The Morgan fingerprint density at radius 2 is 1.54 bits per heavy atom. The molecule has 26 heavy (non-hydrogen) atoms. The second kappa shape index (κ2) is 7.57. The van der Waals surface area contributed by atoms with Gasteiger partial charge in [-0.1, -0.05) is 29.8 Å². The van der Waals surface area contributed by atoms with E-state index in [1.165, 1.54) is 0 Å². The highest BCUT2D eigenvalue weighted by atomic mass is 32.2. The number of benzene rings is 2. The van der Waals surface area contributed by atoms with E-state index in [2.05, 4.69) is 4.90 Å². The Kier molecular flexibility index (Phi) is 5.41. The van der Waals surface area contributed by atoms with Gasteiger partial charge >= 0.3 is 0 Å². The number of nitrogens with zero attached hydrogens (tertiary/aromatic N) is 2. The summed E-state index contributed by atoms with van der Waals surface area (Å²) in [5.74, 6) is -0.438. The second-order valence-corrected chi connectivity index (χ2v) is 8.49. The third-order valence-corrected chi connectivity index (χ3v) is 6.55. The quantitative estimate of drug-likeness (QED) is 0.863. The van der Waals surface area contributed by atoms with E-state index >= 15 is 0 Å². The number of rotatable bonds is 5. The molecule has 1 saturated heterocycles. The minimum absolute atomic E-state index is 0.346. The predicted molar refractivity (Wildman–Crippen MR) is 100 cm³/mol. The second-order valence-electron chi connectivity index (χ2n) is 6.55. The zero-order valence-electron chi connectivity index (χ0n) is 14.8. The molecule has 1 aliphatic heterocycles. The zero-order valence-corrected chi connectivity index (χ0v) is 15.6. The lowest BCUT2D eigenvalue weighted by Crippen LogP contribution is -2.48. The first kappa shape index (κ1) is 18.6. The molecule has 0 atom stereocenters. The van der Waals surface area contributed by atoms with E-state index in [4.69, 9.17) is 5.73 Å². The molecule has 1 amide bonds. The van der Waals surface area contributed by atoms with Crippen molar-refractivity contribution in [2.75, 3.05) is 26.2 Å². The summed E-state index contributed by atoms with van der Waals surface area (Å²) in [7, 11) is -3.43. The first-order valence-electron chi connectivity index (χ1n) is 8.54. The van der Waals surface area contributed by atoms with Crippen LogP contribution in [0.25, 0.3) is 0 Å². The molecule has 1 heterocycles. The summed E-state index contributed by atoms with van der Waals surface area (Å²) in [5, 5.41) is 0. The van der Waals surface area contributed by atoms with Gasteiger partial charge in [0.05, 0.1) is 4.90 Å². The maximum atomic E-state index is 12.7. The molecular formula is C19H23N3O3S. The maximum absolute atomic E-state index is 12.7. The minimum atomic E-state index is -3.43. The highest BCUT2D eigenvalue weighted by molar-refractivity contribution is 7.89. The van der Waals surface area contributed by atoms with Crippen LogP contribution in [0.1, 0.15) is 21.5 Å². The van der Waals surface area contributed by atoms with E-state index in [9.17, 15) is 13.2 Å². The first-order valence-corrected chi connectivity index (χ1v) is 9.98. The van der Waals surface area contributed by atoms with Gasteiger partial charge in [-0.05, 0) is 36.8 Å². The van der Waals surface area contributed by atoms with Crippen LogP contribution in [0.2, 0.25) is 0 Å². The summed E-state index contributed by atoms with van der Waals surface area (Å²) in [6.45, 7) is 4.93. The normalized spacial score (nSPS) is 16.5. The van der Waals surface area contributed by atoms with Gasteiger partial charge in [0.2, 0.25) is 15.9 Å². The molecule has 2 N–H and O–H groups in total. The fraction of sp³-hybridized carbons (Fsp3) is 0.316. The molecule has 0 radical (unpaired) electrons. The molecule has 2 aromatic rings.